The molecule has 0 unspecified atom stereocenters. The van der Waals surface area contributed by atoms with E-state index in [0.29, 0.717) is 0 Å². The van der Waals surface area contributed by atoms with Crippen molar-refractivity contribution in [3.63, 3.8) is 0 Å². The van der Waals surface area contributed by atoms with Gasteiger partial charge >= 0.3 is 0 Å². The van der Waals surface area contributed by atoms with Gasteiger partial charge in [0.1, 0.15) is 18.4 Å². The molecule has 3 amide bonds. The summed E-state index contributed by atoms with van der Waals surface area (Å²) >= 11 is 3.53. The molecule has 2 aromatic rings. The lowest BCUT2D eigenvalue weighted by Crippen LogP contribution is -2.58. The van der Waals surface area contributed by atoms with Gasteiger partial charge in [-0.05, 0) is 36.8 Å². The van der Waals surface area contributed by atoms with Crippen molar-refractivity contribution >= 4 is 57.9 Å². The number of likely N-dealkylation sites (tertiary alicyclic amines) is 1. The minimum Gasteiger partial charge on any atom is -0.348 e. The van der Waals surface area contributed by atoms with E-state index in [2.05, 4.69) is 15.6 Å². The fraction of sp³-hybridized carbons (Fsp3) is 0.500. The number of aldehydes is 1. The van der Waals surface area contributed by atoms with Crippen molar-refractivity contribution in [2.24, 2.45) is 11.3 Å². The number of hydrogen-bond acceptors (Lipinski definition) is 6. The third-order valence-corrected chi connectivity index (χ3v) is 8.10. The van der Waals surface area contributed by atoms with Crippen LogP contribution in [0.2, 0.25) is 0 Å². The molecule has 36 heavy (non-hydrogen) atoms. The summed E-state index contributed by atoms with van der Waals surface area (Å²) in [4.78, 5) is 57.5. The maximum atomic E-state index is 13.6. The van der Waals surface area contributed by atoms with E-state index in [1.807, 2.05) is 87.0 Å². The fourth-order valence-corrected chi connectivity index (χ4v) is 5.40. The minimum atomic E-state index is -0.805. The number of hydrogen-bond donors (Lipinski definition) is 2. The molecule has 0 spiro atoms. The van der Waals surface area contributed by atoms with Crippen LogP contribution in [0.1, 0.15) is 51.4 Å². The molecule has 0 bridgehead atoms. The van der Waals surface area contributed by atoms with Gasteiger partial charge in [0.2, 0.25) is 17.7 Å². The van der Waals surface area contributed by atoms with Gasteiger partial charge in [0.25, 0.3) is 0 Å². The Bertz CT molecular complexity index is 1110. The molecule has 4 atom stereocenters. The third kappa shape index (κ3) is 6.50. The highest BCUT2D eigenvalue weighted by Gasteiger charge is 2.44. The minimum absolute atomic E-state index is 0.157. The first kappa shape index (κ1) is 28.2. The lowest BCUT2D eigenvalue weighted by Gasteiger charge is -2.35. The number of aromatic nitrogens is 1. The first-order valence-electron chi connectivity index (χ1n) is 11.9. The molecule has 0 saturated carbocycles. The Morgan fingerprint density at radius 3 is 2.42 bits per heavy atom. The Labute approximate surface area is 229 Å². The zero-order valence-corrected chi connectivity index (χ0v) is 24.2. The standard InChI is InChI=1S/C26H33IN4O4S/c1-15(18-6-8-19(9-7-18)22-16(2)28-14-36-22)29-24(34)20-10-17(13-32)12-31(20)25(35)23(26(3,4)5)30-21(33)11-27/h6-9,13-15,17,20,23H,10-12H2,1-5H3,(H,29,34)(H,30,33)/t15-,17+,20-,23+/m0/s1. The van der Waals surface area contributed by atoms with E-state index >= 15 is 0 Å². The summed E-state index contributed by atoms with van der Waals surface area (Å²) in [5.74, 6) is -1.33. The van der Waals surface area contributed by atoms with E-state index in [9.17, 15) is 19.2 Å². The summed E-state index contributed by atoms with van der Waals surface area (Å²) < 4.78 is 0.220. The Morgan fingerprint density at radius 1 is 1.22 bits per heavy atom. The van der Waals surface area contributed by atoms with Crippen LogP contribution in [0.5, 0.6) is 0 Å². The van der Waals surface area contributed by atoms with Crippen molar-refractivity contribution in [2.75, 3.05) is 11.0 Å². The number of halogens is 1. The second-order valence-electron chi connectivity index (χ2n) is 10.3. The normalized spacial score (nSPS) is 19.4. The molecule has 0 radical (unpaired) electrons. The average molecular weight is 625 g/mol. The van der Waals surface area contributed by atoms with Crippen LogP contribution in [0, 0.1) is 18.3 Å². The summed E-state index contributed by atoms with van der Waals surface area (Å²) in [6.07, 6.45) is 1.06. The molecule has 2 N–H and O–H groups in total. The summed E-state index contributed by atoms with van der Waals surface area (Å²) in [5.41, 5.74) is 4.23. The number of alkyl halides is 1. The van der Waals surface area contributed by atoms with Gasteiger partial charge in [-0.2, -0.15) is 0 Å². The quantitative estimate of drug-likeness (QED) is 0.265. The van der Waals surface area contributed by atoms with Crippen LogP contribution in [-0.4, -0.2) is 56.9 Å². The van der Waals surface area contributed by atoms with Gasteiger partial charge in [-0.1, -0.05) is 67.6 Å². The molecule has 1 saturated heterocycles. The fourth-order valence-electron chi connectivity index (χ4n) is 4.37. The Balaban J connectivity index is 1.76. The Hall–Kier alpha value is -2.34. The van der Waals surface area contributed by atoms with Crippen molar-refractivity contribution in [1.82, 2.24) is 20.5 Å². The number of carbonyl (C=O) groups is 4. The molecule has 2 heterocycles. The van der Waals surface area contributed by atoms with Crippen LogP contribution >= 0.6 is 33.9 Å². The van der Waals surface area contributed by atoms with E-state index in [1.165, 1.54) is 4.90 Å². The van der Waals surface area contributed by atoms with Crippen molar-refractivity contribution < 1.29 is 19.2 Å². The molecule has 1 aromatic carbocycles. The SMILES string of the molecule is Cc1ncsc1-c1ccc([C@H](C)NC(=O)[C@@H]2C[C@@H](C=O)CN2C(=O)[C@@H](NC(=O)CI)C(C)(C)C)cc1. The molecule has 194 valence electrons. The highest BCUT2D eigenvalue weighted by Crippen LogP contribution is 2.30. The average Bonchev–Trinajstić information content (AvgIpc) is 3.47. The maximum absolute atomic E-state index is 13.6. The van der Waals surface area contributed by atoms with Crippen molar-refractivity contribution in [3.8, 4) is 10.4 Å². The lowest BCUT2D eigenvalue weighted by atomic mass is 9.85. The van der Waals surface area contributed by atoms with Crippen LogP contribution < -0.4 is 10.6 Å². The molecular formula is C26H33IN4O4S. The predicted molar refractivity (Wildman–Crippen MR) is 149 cm³/mol. The topological polar surface area (TPSA) is 108 Å². The first-order chi connectivity index (χ1) is 17.0. The van der Waals surface area contributed by atoms with E-state index in [1.54, 1.807) is 11.3 Å². The summed E-state index contributed by atoms with van der Waals surface area (Å²) in [6, 6.07) is 6.09. The number of aryl methyl sites for hydroxylation is 1. The molecule has 1 aliphatic rings. The van der Waals surface area contributed by atoms with E-state index in [-0.39, 0.29) is 41.2 Å². The number of thiazole rings is 1. The highest BCUT2D eigenvalue weighted by atomic mass is 127. The molecule has 1 fully saturated rings. The second kappa shape index (κ2) is 11.8. The largest absolute Gasteiger partial charge is 0.348 e. The number of carbonyl (C=O) groups excluding carboxylic acids is 4. The summed E-state index contributed by atoms with van der Waals surface area (Å²) in [6.45, 7) is 9.62. The van der Waals surface area contributed by atoms with E-state index in [4.69, 9.17) is 0 Å². The molecule has 3 rings (SSSR count). The second-order valence-corrected chi connectivity index (χ2v) is 11.9. The van der Waals surface area contributed by atoms with Crippen molar-refractivity contribution in [2.45, 2.75) is 59.2 Å². The Kier molecular flexibility index (Phi) is 9.26. The van der Waals surface area contributed by atoms with Gasteiger partial charge in [0.05, 0.1) is 26.6 Å². The van der Waals surface area contributed by atoms with Crippen LogP contribution in [-0.2, 0) is 19.2 Å². The Morgan fingerprint density at radius 2 is 1.89 bits per heavy atom. The van der Waals surface area contributed by atoms with Crippen LogP contribution in [0.25, 0.3) is 10.4 Å². The molecule has 8 nitrogen and oxygen atoms in total. The number of nitrogens with one attached hydrogen (secondary N) is 2. The number of nitrogens with zero attached hydrogens (tertiary/aromatic N) is 2. The van der Waals surface area contributed by atoms with Crippen molar-refractivity contribution in [1.29, 1.82) is 0 Å². The zero-order valence-electron chi connectivity index (χ0n) is 21.2. The first-order valence-corrected chi connectivity index (χ1v) is 14.3. The zero-order chi connectivity index (χ0) is 26.6. The van der Waals surface area contributed by atoms with Crippen molar-refractivity contribution in [3.05, 3.63) is 41.0 Å². The highest BCUT2D eigenvalue weighted by molar-refractivity contribution is 14.1. The van der Waals surface area contributed by atoms with Crippen LogP contribution in [0.3, 0.4) is 0 Å². The lowest BCUT2D eigenvalue weighted by molar-refractivity contribution is -0.143. The predicted octanol–water partition coefficient (Wildman–Crippen LogP) is 3.68. The van der Waals surface area contributed by atoms with E-state index in [0.717, 1.165) is 28.0 Å². The summed E-state index contributed by atoms with van der Waals surface area (Å²) in [5, 5.41) is 5.82. The third-order valence-electron chi connectivity index (χ3n) is 6.43. The number of benzene rings is 1. The van der Waals surface area contributed by atoms with E-state index < -0.39 is 23.4 Å². The van der Waals surface area contributed by atoms with Gasteiger partial charge in [0.15, 0.2) is 0 Å². The molecule has 1 aromatic heterocycles. The van der Waals surface area contributed by atoms with Gasteiger partial charge in [-0.15, -0.1) is 11.3 Å². The molecule has 0 aliphatic carbocycles. The van der Waals surface area contributed by atoms with Crippen LogP contribution in [0.15, 0.2) is 29.8 Å². The number of rotatable bonds is 8. The molecule has 10 heteroatoms. The molecular weight excluding hydrogens is 591 g/mol. The smallest absolute Gasteiger partial charge is 0.246 e. The van der Waals surface area contributed by atoms with Gasteiger partial charge in [-0.25, -0.2) is 4.98 Å². The summed E-state index contributed by atoms with van der Waals surface area (Å²) in [7, 11) is 0. The maximum Gasteiger partial charge on any atom is 0.246 e. The van der Waals surface area contributed by atoms with Gasteiger partial charge in [-0.3, -0.25) is 14.4 Å². The number of amides is 3. The van der Waals surface area contributed by atoms with Gasteiger partial charge in [0, 0.05) is 12.5 Å². The van der Waals surface area contributed by atoms with Gasteiger partial charge < -0.3 is 20.3 Å². The monoisotopic (exact) mass is 624 g/mol. The molecule has 1 aliphatic heterocycles. The van der Waals surface area contributed by atoms with Crippen LogP contribution in [0.4, 0.5) is 0 Å².